The molecule has 2 fully saturated rings. The molecule has 1 aromatic heterocycles. The number of nitrogens with zero attached hydrogens (tertiary/aromatic N) is 3. The average molecular weight is 395 g/mol. The van der Waals surface area contributed by atoms with E-state index in [1.165, 1.54) is 19.3 Å². The summed E-state index contributed by atoms with van der Waals surface area (Å²) in [6.07, 6.45) is 9.68. The summed E-state index contributed by atoms with van der Waals surface area (Å²) in [7, 11) is 0. The maximum absolute atomic E-state index is 13.2. The number of hydrogen-bond acceptors (Lipinski definition) is 4. The molecular weight excluding hydrogens is 364 g/mol. The number of nitrogens with one attached hydrogen (secondary N) is 1. The highest BCUT2D eigenvalue weighted by molar-refractivity contribution is 5.89. The number of carbonyl (C=O) groups excluding carboxylic acids is 1. The molecule has 1 saturated carbocycles. The standard InChI is InChI=1S/C23H30N4O2/c28-21-11-5-4-8-18(21)17-27(20-9-2-1-3-10-20)23(29)25-19-12-13-22(24-16-19)26-14-6-7-15-26/h4-5,8,11-13,16,20,28H,1-3,6-7,9-10,14-15,17H2,(H,25,29). The van der Waals surface area contributed by atoms with Crippen LogP contribution < -0.4 is 10.2 Å². The number of rotatable bonds is 5. The van der Waals surface area contributed by atoms with Gasteiger partial charge in [0.15, 0.2) is 0 Å². The number of aromatic hydroxyl groups is 1. The first-order chi connectivity index (χ1) is 14.2. The van der Waals surface area contributed by atoms with Crippen molar-refractivity contribution in [1.82, 2.24) is 9.88 Å². The fourth-order valence-corrected chi connectivity index (χ4v) is 4.38. The number of urea groups is 1. The summed E-state index contributed by atoms with van der Waals surface area (Å²) < 4.78 is 0. The molecule has 4 rings (SSSR count). The van der Waals surface area contributed by atoms with Gasteiger partial charge < -0.3 is 20.2 Å². The number of phenolic OH excluding ortho intramolecular Hbond substituents is 1. The molecule has 2 aromatic rings. The van der Waals surface area contributed by atoms with E-state index in [-0.39, 0.29) is 17.8 Å². The Labute approximate surface area is 172 Å². The maximum atomic E-state index is 13.2. The van der Waals surface area contributed by atoms with Crippen LogP contribution in [0.5, 0.6) is 5.75 Å². The lowest BCUT2D eigenvalue weighted by molar-refractivity contribution is 0.162. The SMILES string of the molecule is O=C(Nc1ccc(N2CCCC2)nc1)N(Cc1ccccc1O)C1CCCCC1. The van der Waals surface area contributed by atoms with E-state index in [0.717, 1.165) is 50.2 Å². The predicted octanol–water partition coefficient (Wildman–Crippen LogP) is 4.75. The Balaban J connectivity index is 1.47. The summed E-state index contributed by atoms with van der Waals surface area (Å²) in [6.45, 7) is 2.51. The van der Waals surface area contributed by atoms with Crippen molar-refractivity contribution in [3.05, 3.63) is 48.2 Å². The number of aromatic nitrogens is 1. The van der Waals surface area contributed by atoms with Crippen LogP contribution in [0, 0.1) is 0 Å². The Morgan fingerprint density at radius 3 is 2.52 bits per heavy atom. The molecule has 1 aromatic carbocycles. The molecule has 0 unspecified atom stereocenters. The zero-order valence-corrected chi connectivity index (χ0v) is 16.9. The van der Waals surface area contributed by atoms with Gasteiger partial charge in [-0.1, -0.05) is 37.5 Å². The van der Waals surface area contributed by atoms with Crippen LogP contribution in [-0.4, -0.2) is 40.2 Å². The lowest BCUT2D eigenvalue weighted by Crippen LogP contribution is -2.43. The minimum absolute atomic E-state index is 0.129. The summed E-state index contributed by atoms with van der Waals surface area (Å²) in [5, 5.41) is 13.2. The molecule has 1 saturated heterocycles. The number of anilines is 2. The van der Waals surface area contributed by atoms with Crippen LogP contribution in [0.2, 0.25) is 0 Å². The van der Waals surface area contributed by atoms with Crippen molar-refractivity contribution in [1.29, 1.82) is 0 Å². The largest absolute Gasteiger partial charge is 0.508 e. The van der Waals surface area contributed by atoms with E-state index in [9.17, 15) is 9.90 Å². The number of pyridine rings is 1. The zero-order valence-electron chi connectivity index (χ0n) is 16.9. The molecule has 1 aliphatic heterocycles. The van der Waals surface area contributed by atoms with Gasteiger partial charge in [-0.05, 0) is 43.9 Å². The second kappa shape index (κ2) is 9.16. The van der Waals surface area contributed by atoms with Crippen molar-refractivity contribution in [3.63, 3.8) is 0 Å². The first kappa shape index (κ1) is 19.6. The van der Waals surface area contributed by atoms with Gasteiger partial charge in [0.2, 0.25) is 0 Å². The Morgan fingerprint density at radius 2 is 1.83 bits per heavy atom. The summed E-state index contributed by atoms with van der Waals surface area (Å²) in [5.41, 5.74) is 1.48. The fourth-order valence-electron chi connectivity index (χ4n) is 4.38. The van der Waals surface area contributed by atoms with E-state index in [1.54, 1.807) is 18.3 Å². The average Bonchev–Trinajstić information content (AvgIpc) is 3.29. The van der Waals surface area contributed by atoms with Crippen LogP contribution in [0.15, 0.2) is 42.6 Å². The lowest BCUT2D eigenvalue weighted by Gasteiger charge is -2.34. The van der Waals surface area contributed by atoms with Crippen LogP contribution in [-0.2, 0) is 6.54 Å². The van der Waals surface area contributed by atoms with E-state index >= 15 is 0 Å². The monoisotopic (exact) mass is 394 g/mol. The Bertz CT molecular complexity index is 812. The second-order valence-electron chi connectivity index (χ2n) is 8.08. The minimum Gasteiger partial charge on any atom is -0.508 e. The number of phenols is 1. The van der Waals surface area contributed by atoms with Gasteiger partial charge in [0.25, 0.3) is 0 Å². The highest BCUT2D eigenvalue weighted by Crippen LogP contribution is 2.27. The van der Waals surface area contributed by atoms with Crippen LogP contribution in [0.4, 0.5) is 16.3 Å². The van der Waals surface area contributed by atoms with Gasteiger partial charge in [-0.2, -0.15) is 0 Å². The van der Waals surface area contributed by atoms with E-state index < -0.39 is 0 Å². The van der Waals surface area contributed by atoms with Gasteiger partial charge in [-0.15, -0.1) is 0 Å². The van der Waals surface area contributed by atoms with Gasteiger partial charge >= 0.3 is 6.03 Å². The molecule has 0 radical (unpaired) electrons. The lowest BCUT2D eigenvalue weighted by atomic mass is 9.94. The third-order valence-corrected chi connectivity index (χ3v) is 6.04. The third kappa shape index (κ3) is 4.81. The van der Waals surface area contributed by atoms with Crippen molar-refractivity contribution in [3.8, 4) is 5.75 Å². The Morgan fingerprint density at radius 1 is 1.07 bits per heavy atom. The number of para-hydroxylation sites is 1. The molecule has 0 spiro atoms. The molecule has 2 N–H and O–H groups in total. The molecule has 1 aliphatic carbocycles. The second-order valence-corrected chi connectivity index (χ2v) is 8.08. The van der Waals surface area contributed by atoms with E-state index in [0.29, 0.717) is 12.2 Å². The van der Waals surface area contributed by atoms with Crippen LogP contribution in [0.3, 0.4) is 0 Å². The molecule has 6 heteroatoms. The summed E-state index contributed by atoms with van der Waals surface area (Å²) >= 11 is 0. The zero-order chi connectivity index (χ0) is 20.1. The van der Waals surface area contributed by atoms with E-state index in [1.807, 2.05) is 29.2 Å². The molecule has 29 heavy (non-hydrogen) atoms. The Kier molecular flexibility index (Phi) is 6.17. The Hall–Kier alpha value is -2.76. The molecule has 2 amide bonds. The van der Waals surface area contributed by atoms with Gasteiger partial charge in [0, 0.05) is 24.7 Å². The van der Waals surface area contributed by atoms with Gasteiger partial charge in [-0.25, -0.2) is 9.78 Å². The summed E-state index contributed by atoms with van der Waals surface area (Å²) in [4.78, 5) is 21.9. The first-order valence-corrected chi connectivity index (χ1v) is 10.8. The van der Waals surface area contributed by atoms with Gasteiger partial charge in [0.05, 0.1) is 18.4 Å². The van der Waals surface area contributed by atoms with E-state index in [2.05, 4.69) is 15.2 Å². The smallest absolute Gasteiger partial charge is 0.322 e. The minimum atomic E-state index is -0.129. The predicted molar refractivity (Wildman–Crippen MR) is 115 cm³/mol. The molecule has 0 bridgehead atoms. The van der Waals surface area contributed by atoms with E-state index in [4.69, 9.17) is 0 Å². The highest BCUT2D eigenvalue weighted by Gasteiger charge is 2.26. The third-order valence-electron chi connectivity index (χ3n) is 6.04. The van der Waals surface area contributed by atoms with Crippen LogP contribution in [0.1, 0.15) is 50.5 Å². The number of carbonyl (C=O) groups is 1. The molecule has 2 aliphatic rings. The first-order valence-electron chi connectivity index (χ1n) is 10.8. The quantitative estimate of drug-likeness (QED) is 0.768. The topological polar surface area (TPSA) is 68.7 Å². The fraction of sp³-hybridized carbons (Fsp3) is 0.478. The molecule has 2 heterocycles. The number of benzene rings is 1. The molecule has 154 valence electrons. The van der Waals surface area contributed by atoms with Crippen LogP contribution in [0.25, 0.3) is 0 Å². The normalized spacial score (nSPS) is 17.3. The van der Waals surface area contributed by atoms with Crippen molar-refractivity contribution >= 4 is 17.5 Å². The van der Waals surface area contributed by atoms with Crippen molar-refractivity contribution in [2.45, 2.75) is 57.5 Å². The molecular formula is C23H30N4O2. The highest BCUT2D eigenvalue weighted by atomic mass is 16.3. The van der Waals surface area contributed by atoms with Crippen molar-refractivity contribution in [2.75, 3.05) is 23.3 Å². The summed E-state index contributed by atoms with van der Waals surface area (Å²) in [6, 6.07) is 11.2. The number of amides is 2. The number of hydrogen-bond donors (Lipinski definition) is 2. The van der Waals surface area contributed by atoms with Gasteiger partial charge in [-0.3, -0.25) is 0 Å². The van der Waals surface area contributed by atoms with Crippen molar-refractivity contribution in [2.24, 2.45) is 0 Å². The summed E-state index contributed by atoms with van der Waals surface area (Å²) in [5.74, 6) is 1.21. The van der Waals surface area contributed by atoms with Gasteiger partial charge in [0.1, 0.15) is 11.6 Å². The van der Waals surface area contributed by atoms with Crippen molar-refractivity contribution < 1.29 is 9.90 Å². The molecule has 0 atom stereocenters. The van der Waals surface area contributed by atoms with Crippen LogP contribution >= 0.6 is 0 Å². The molecule has 6 nitrogen and oxygen atoms in total. The maximum Gasteiger partial charge on any atom is 0.322 e.